The zero-order valence-electron chi connectivity index (χ0n) is 36.7. The number of fused-ring (bicyclic) bond motifs is 1. The van der Waals surface area contributed by atoms with E-state index in [1.165, 1.54) is 33.7 Å². The zero-order chi connectivity index (χ0) is 42.8. The summed E-state index contributed by atoms with van der Waals surface area (Å²) in [7, 11) is 4.61. The highest BCUT2D eigenvalue weighted by atomic mass is 16.3. The van der Waals surface area contributed by atoms with E-state index in [4.69, 9.17) is 0 Å². The SMILES string of the molecule is CC(C)C[C@@H]1NC(=O)[C@H]2CCCN2C(=O)[C@H](CC(C)C)N(C)C(=O)C[C@H](O)[C@H](CC(C)C)NC(=O)[C@H](CC(C)C)N(C)C(=O)[C@@H](CC(C)C)N(C)C(=O)C[C@@H]1O. The Balaban J connectivity index is 2.73. The van der Waals surface area contributed by atoms with Gasteiger partial charge >= 0.3 is 0 Å². The number of nitrogens with zero attached hydrogens (tertiary/aromatic N) is 4. The maximum absolute atomic E-state index is 14.4. The predicted octanol–water partition coefficient (Wildman–Crippen LogP) is 3.17. The molecule has 14 heteroatoms. The lowest BCUT2D eigenvalue weighted by molar-refractivity contribution is -0.150. The number of carbonyl (C=O) groups is 6. The number of aliphatic hydroxyl groups excluding tert-OH is 2. The van der Waals surface area contributed by atoms with Crippen LogP contribution in [-0.2, 0) is 28.8 Å². The third kappa shape index (κ3) is 14.0. The van der Waals surface area contributed by atoms with Crippen LogP contribution < -0.4 is 10.6 Å². The molecule has 2 rings (SSSR count). The fourth-order valence-corrected chi connectivity index (χ4v) is 7.99. The molecule has 6 amide bonds. The van der Waals surface area contributed by atoms with Gasteiger partial charge in [0, 0.05) is 27.7 Å². The molecule has 8 atom stereocenters. The fraction of sp³-hybridized carbons (Fsp3) is 0.857. The van der Waals surface area contributed by atoms with Gasteiger partial charge in [-0.25, -0.2) is 0 Å². The maximum Gasteiger partial charge on any atom is 0.246 e. The lowest BCUT2D eigenvalue weighted by Gasteiger charge is -2.38. The Morgan fingerprint density at radius 3 is 1.32 bits per heavy atom. The van der Waals surface area contributed by atoms with Crippen molar-refractivity contribution in [3.05, 3.63) is 0 Å². The second kappa shape index (κ2) is 22.0. The van der Waals surface area contributed by atoms with Gasteiger partial charge in [-0.2, -0.15) is 0 Å². The van der Waals surface area contributed by atoms with Crippen LogP contribution in [0.2, 0.25) is 0 Å². The summed E-state index contributed by atoms with van der Waals surface area (Å²) in [6.45, 7) is 19.8. The smallest absolute Gasteiger partial charge is 0.246 e. The van der Waals surface area contributed by atoms with E-state index in [9.17, 15) is 39.0 Å². The monoisotopic (exact) mass is 793 g/mol. The number of carbonyl (C=O) groups excluding carboxylic acids is 6. The molecule has 0 aromatic heterocycles. The van der Waals surface area contributed by atoms with Crippen LogP contribution in [-0.4, -0.2) is 141 Å². The Morgan fingerprint density at radius 2 is 0.911 bits per heavy atom. The number of nitrogens with one attached hydrogen (secondary N) is 2. The van der Waals surface area contributed by atoms with Gasteiger partial charge in [0.2, 0.25) is 35.4 Å². The molecule has 0 aliphatic carbocycles. The number of rotatable bonds is 10. The third-order valence-corrected chi connectivity index (χ3v) is 11.1. The quantitative estimate of drug-likeness (QED) is 0.261. The molecule has 2 aliphatic heterocycles. The number of likely N-dealkylation sites (N-methyl/N-ethyl adjacent to an activating group) is 3. The van der Waals surface area contributed by atoms with Gasteiger partial charge in [0.25, 0.3) is 0 Å². The molecule has 14 nitrogen and oxygen atoms in total. The maximum atomic E-state index is 14.4. The van der Waals surface area contributed by atoms with E-state index in [1.807, 2.05) is 69.2 Å². The molecule has 0 radical (unpaired) electrons. The molecule has 56 heavy (non-hydrogen) atoms. The molecule has 322 valence electrons. The van der Waals surface area contributed by atoms with Crippen molar-refractivity contribution in [2.45, 2.75) is 175 Å². The van der Waals surface area contributed by atoms with Crippen molar-refractivity contribution in [1.29, 1.82) is 0 Å². The van der Waals surface area contributed by atoms with E-state index in [0.717, 1.165) is 0 Å². The molecular weight excluding hydrogens is 716 g/mol. The second-order valence-electron chi connectivity index (χ2n) is 18.6. The van der Waals surface area contributed by atoms with Crippen molar-refractivity contribution < 1.29 is 39.0 Å². The molecule has 0 aromatic carbocycles. The fourth-order valence-electron chi connectivity index (χ4n) is 7.99. The Labute approximate surface area is 336 Å². The molecule has 2 fully saturated rings. The van der Waals surface area contributed by atoms with E-state index in [2.05, 4.69) is 10.6 Å². The average Bonchev–Trinajstić information content (AvgIpc) is 3.59. The molecule has 2 heterocycles. The summed E-state index contributed by atoms with van der Waals surface area (Å²) in [5.41, 5.74) is 0. The van der Waals surface area contributed by atoms with Crippen LogP contribution in [0, 0.1) is 29.6 Å². The van der Waals surface area contributed by atoms with Crippen LogP contribution in [0.4, 0.5) is 0 Å². The van der Waals surface area contributed by atoms with Crippen LogP contribution in [0.3, 0.4) is 0 Å². The molecule has 2 saturated heterocycles. The molecule has 0 bridgehead atoms. The standard InChI is InChI=1S/C42H76N6O8/c1-24(2)17-29-35(49)22-37(51)45(11)33(20-27(7)8)41(55)47(13)32(19-26(5)6)40(54)44-30(18-25(3)4)36(50)23-38(52)46(12)34(21-28(9)10)42(56)48-16-14-15-31(48)39(53)43-29/h24-36,49-50H,14-23H2,1-13H3,(H,43,53)(H,44,54)/t29-,30-,31+,32-,33+,34-,35-,36-/m0/s1. The van der Waals surface area contributed by atoms with Gasteiger partial charge in [0.15, 0.2) is 0 Å². The van der Waals surface area contributed by atoms with Gasteiger partial charge in [0.05, 0.1) is 37.1 Å². The minimum Gasteiger partial charge on any atom is -0.390 e. The second-order valence-corrected chi connectivity index (χ2v) is 18.6. The number of aliphatic hydroxyl groups is 2. The van der Waals surface area contributed by atoms with Crippen molar-refractivity contribution in [2.24, 2.45) is 29.6 Å². The summed E-state index contributed by atoms with van der Waals surface area (Å²) in [5.74, 6) is -2.58. The molecule has 0 aromatic rings. The number of amides is 6. The van der Waals surface area contributed by atoms with E-state index < -0.39 is 78.0 Å². The first-order chi connectivity index (χ1) is 26.0. The Kier molecular flexibility index (Phi) is 19.2. The lowest BCUT2D eigenvalue weighted by atomic mass is 9.94. The third-order valence-electron chi connectivity index (χ3n) is 11.1. The molecule has 0 spiro atoms. The molecular formula is C42H76N6O8. The van der Waals surface area contributed by atoms with E-state index >= 15 is 0 Å². The van der Waals surface area contributed by atoms with E-state index in [0.29, 0.717) is 51.5 Å². The summed E-state index contributed by atoms with van der Waals surface area (Å²) in [5, 5.41) is 29.1. The summed E-state index contributed by atoms with van der Waals surface area (Å²) >= 11 is 0. The summed E-state index contributed by atoms with van der Waals surface area (Å²) in [6.07, 6.45) is -0.682. The molecule has 0 unspecified atom stereocenters. The van der Waals surface area contributed by atoms with Gasteiger partial charge in [-0.3, -0.25) is 28.8 Å². The summed E-state index contributed by atoms with van der Waals surface area (Å²) in [6, 6.07) is -5.28. The lowest BCUT2D eigenvalue weighted by Crippen LogP contribution is -2.59. The van der Waals surface area contributed by atoms with Gasteiger partial charge in [-0.1, -0.05) is 69.2 Å². The zero-order valence-corrected chi connectivity index (χ0v) is 36.7. The summed E-state index contributed by atoms with van der Waals surface area (Å²) < 4.78 is 0. The van der Waals surface area contributed by atoms with Crippen molar-refractivity contribution in [3.8, 4) is 0 Å². The minimum absolute atomic E-state index is 0.0000466. The van der Waals surface area contributed by atoms with Crippen LogP contribution >= 0.6 is 0 Å². The molecule has 0 saturated carbocycles. The number of hydrogen-bond donors (Lipinski definition) is 4. The first-order valence-corrected chi connectivity index (χ1v) is 21.0. The first kappa shape index (κ1) is 48.9. The summed E-state index contributed by atoms with van der Waals surface area (Å²) in [4.78, 5) is 90.4. The van der Waals surface area contributed by atoms with Crippen molar-refractivity contribution in [2.75, 3.05) is 27.7 Å². The van der Waals surface area contributed by atoms with Crippen molar-refractivity contribution in [1.82, 2.24) is 30.2 Å². The predicted molar refractivity (Wildman–Crippen MR) is 217 cm³/mol. The average molecular weight is 793 g/mol. The van der Waals surface area contributed by atoms with Gasteiger partial charge in [0.1, 0.15) is 24.2 Å². The van der Waals surface area contributed by atoms with Gasteiger partial charge < -0.3 is 40.4 Å². The van der Waals surface area contributed by atoms with Crippen molar-refractivity contribution in [3.63, 3.8) is 0 Å². The van der Waals surface area contributed by atoms with Crippen LogP contribution in [0.15, 0.2) is 0 Å². The van der Waals surface area contributed by atoms with Crippen LogP contribution in [0.5, 0.6) is 0 Å². The Bertz CT molecular complexity index is 1340. The Morgan fingerprint density at radius 1 is 0.536 bits per heavy atom. The highest BCUT2D eigenvalue weighted by Crippen LogP contribution is 2.26. The molecule has 4 N–H and O–H groups in total. The van der Waals surface area contributed by atoms with Crippen LogP contribution in [0.25, 0.3) is 0 Å². The van der Waals surface area contributed by atoms with E-state index in [-0.39, 0.29) is 48.3 Å². The van der Waals surface area contributed by atoms with Crippen LogP contribution in [0.1, 0.15) is 127 Å². The van der Waals surface area contributed by atoms with Gasteiger partial charge in [-0.05, 0) is 74.5 Å². The minimum atomic E-state index is -1.29. The van der Waals surface area contributed by atoms with Crippen molar-refractivity contribution >= 4 is 35.4 Å². The van der Waals surface area contributed by atoms with Gasteiger partial charge in [-0.15, -0.1) is 0 Å². The number of hydrogen-bond acceptors (Lipinski definition) is 8. The Hall–Kier alpha value is -3.26. The highest BCUT2D eigenvalue weighted by Gasteiger charge is 2.42. The largest absolute Gasteiger partial charge is 0.390 e. The highest BCUT2D eigenvalue weighted by molar-refractivity contribution is 5.94. The van der Waals surface area contributed by atoms with E-state index in [1.54, 1.807) is 7.05 Å². The first-order valence-electron chi connectivity index (χ1n) is 21.0. The molecule has 2 aliphatic rings. The topological polar surface area (TPSA) is 180 Å². The normalized spacial score (nSPS) is 29.1.